The molecule has 1 amide bonds. The fourth-order valence-corrected chi connectivity index (χ4v) is 2.77. The third-order valence-electron chi connectivity index (χ3n) is 4.04. The van der Waals surface area contributed by atoms with Gasteiger partial charge in [0.2, 0.25) is 0 Å². The first-order chi connectivity index (χ1) is 10.1. The summed E-state index contributed by atoms with van der Waals surface area (Å²) >= 11 is 0. The van der Waals surface area contributed by atoms with E-state index in [0.717, 1.165) is 13.0 Å². The Morgan fingerprint density at radius 3 is 2.76 bits per heavy atom. The number of carbonyl (C=O) groups excluding carboxylic acids is 1. The van der Waals surface area contributed by atoms with Gasteiger partial charge in [-0.25, -0.2) is 4.79 Å². The average molecular weight is 292 g/mol. The second kappa shape index (κ2) is 7.43. The number of rotatable bonds is 4. The molecule has 0 aromatic heterocycles. The van der Waals surface area contributed by atoms with Crippen LogP contribution in [0.3, 0.4) is 0 Å². The number of hydrogen-bond donors (Lipinski definition) is 2. The van der Waals surface area contributed by atoms with Crippen molar-refractivity contribution in [2.75, 3.05) is 20.2 Å². The van der Waals surface area contributed by atoms with Crippen molar-refractivity contribution in [1.29, 1.82) is 0 Å². The molecule has 0 saturated carbocycles. The Hall–Kier alpha value is -1.59. The molecule has 1 saturated heterocycles. The van der Waals surface area contributed by atoms with Crippen molar-refractivity contribution >= 4 is 6.09 Å². The molecule has 0 bridgehead atoms. The molecule has 3 atom stereocenters. The van der Waals surface area contributed by atoms with Gasteiger partial charge in [0.15, 0.2) is 0 Å². The van der Waals surface area contributed by atoms with E-state index >= 15 is 0 Å². The van der Waals surface area contributed by atoms with Crippen LogP contribution in [0, 0.1) is 5.92 Å². The van der Waals surface area contributed by atoms with Gasteiger partial charge in [0.25, 0.3) is 0 Å². The number of ether oxygens (including phenoxy) is 1. The topological polar surface area (TPSA) is 61.8 Å². The zero-order valence-corrected chi connectivity index (χ0v) is 12.7. The van der Waals surface area contributed by atoms with E-state index in [1.54, 1.807) is 11.8 Å². The van der Waals surface area contributed by atoms with E-state index < -0.39 is 6.10 Å². The Morgan fingerprint density at radius 1 is 1.43 bits per heavy atom. The predicted molar refractivity (Wildman–Crippen MR) is 80.8 cm³/mol. The van der Waals surface area contributed by atoms with Crippen LogP contribution in [0.5, 0.6) is 0 Å². The lowest BCUT2D eigenvalue weighted by atomic mass is 9.90. The van der Waals surface area contributed by atoms with Crippen LogP contribution in [0.1, 0.15) is 18.9 Å². The zero-order valence-electron chi connectivity index (χ0n) is 12.7. The molecule has 116 valence electrons. The summed E-state index contributed by atoms with van der Waals surface area (Å²) in [5.41, 5.74) is 1.21. The summed E-state index contributed by atoms with van der Waals surface area (Å²) in [5, 5.41) is 13.3. The molecule has 1 aromatic carbocycles. The summed E-state index contributed by atoms with van der Waals surface area (Å²) in [5.74, 6) is 0.0751. The van der Waals surface area contributed by atoms with Crippen molar-refractivity contribution in [1.82, 2.24) is 10.2 Å². The number of hydrogen-bond acceptors (Lipinski definition) is 4. The van der Waals surface area contributed by atoms with Gasteiger partial charge < -0.3 is 20.1 Å². The molecule has 2 N–H and O–H groups in total. The number of aliphatic hydroxyl groups is 1. The number of nitrogens with zero attached hydrogens (tertiary/aromatic N) is 1. The van der Waals surface area contributed by atoms with Crippen LogP contribution in [-0.2, 0) is 11.3 Å². The highest BCUT2D eigenvalue weighted by Crippen LogP contribution is 2.21. The number of aliphatic hydroxyl groups excluding tert-OH is 1. The van der Waals surface area contributed by atoms with Crippen molar-refractivity contribution in [3.05, 3.63) is 35.9 Å². The molecular formula is C16H24N2O3. The minimum atomic E-state index is -0.432. The molecule has 21 heavy (non-hydrogen) atoms. The van der Waals surface area contributed by atoms with Crippen LogP contribution < -0.4 is 5.32 Å². The number of methoxy groups -OCH3 is 1. The van der Waals surface area contributed by atoms with Crippen molar-refractivity contribution in [2.45, 2.75) is 32.0 Å². The first-order valence-corrected chi connectivity index (χ1v) is 7.38. The highest BCUT2D eigenvalue weighted by Gasteiger charge is 2.32. The van der Waals surface area contributed by atoms with Crippen LogP contribution in [0.4, 0.5) is 4.79 Å². The van der Waals surface area contributed by atoms with Crippen LogP contribution in [-0.4, -0.2) is 48.4 Å². The summed E-state index contributed by atoms with van der Waals surface area (Å²) in [4.78, 5) is 13.4. The maximum atomic E-state index is 11.7. The van der Waals surface area contributed by atoms with Gasteiger partial charge in [-0.2, -0.15) is 0 Å². The molecule has 1 aromatic rings. The Labute approximate surface area is 125 Å². The monoisotopic (exact) mass is 292 g/mol. The van der Waals surface area contributed by atoms with Crippen molar-refractivity contribution in [3.63, 3.8) is 0 Å². The Bertz CT molecular complexity index is 450. The molecule has 5 nitrogen and oxygen atoms in total. The standard InChI is InChI=1S/C16H24N2O3/c1-12(19)14-8-15(11-18(10-14)16(20)21-2)17-9-13-6-4-3-5-7-13/h3-7,12,14-15,17,19H,8-11H2,1-2H3. The van der Waals surface area contributed by atoms with E-state index in [1.807, 2.05) is 18.2 Å². The maximum absolute atomic E-state index is 11.7. The van der Waals surface area contributed by atoms with E-state index in [2.05, 4.69) is 17.4 Å². The third-order valence-corrected chi connectivity index (χ3v) is 4.04. The van der Waals surface area contributed by atoms with Crippen molar-refractivity contribution in [2.24, 2.45) is 5.92 Å². The minimum absolute atomic E-state index is 0.0751. The van der Waals surface area contributed by atoms with Gasteiger partial charge in [-0.3, -0.25) is 0 Å². The number of benzene rings is 1. The lowest BCUT2D eigenvalue weighted by molar-refractivity contribution is 0.0424. The lowest BCUT2D eigenvalue weighted by Crippen LogP contribution is -2.53. The first kappa shape index (κ1) is 15.8. The Morgan fingerprint density at radius 2 is 2.14 bits per heavy atom. The summed E-state index contributed by atoms with van der Waals surface area (Å²) in [6.45, 7) is 3.70. The van der Waals surface area contributed by atoms with Crippen molar-refractivity contribution < 1.29 is 14.6 Å². The highest BCUT2D eigenvalue weighted by atomic mass is 16.5. The fraction of sp³-hybridized carbons (Fsp3) is 0.562. The summed E-state index contributed by atoms with van der Waals surface area (Å²) in [7, 11) is 1.39. The second-order valence-electron chi connectivity index (χ2n) is 5.67. The fourth-order valence-electron chi connectivity index (χ4n) is 2.77. The van der Waals surface area contributed by atoms with E-state index in [0.29, 0.717) is 13.1 Å². The quantitative estimate of drug-likeness (QED) is 0.885. The summed E-state index contributed by atoms with van der Waals surface area (Å²) < 4.78 is 4.81. The number of piperidine rings is 1. The molecule has 2 rings (SSSR count). The van der Waals surface area contributed by atoms with Gasteiger partial charge in [0.1, 0.15) is 0 Å². The SMILES string of the molecule is COC(=O)N1CC(NCc2ccccc2)CC(C(C)O)C1. The van der Waals surface area contributed by atoms with E-state index in [-0.39, 0.29) is 18.1 Å². The van der Waals surface area contributed by atoms with Crippen molar-refractivity contribution in [3.8, 4) is 0 Å². The second-order valence-corrected chi connectivity index (χ2v) is 5.67. The number of amides is 1. The predicted octanol–water partition coefficient (Wildman–Crippen LogP) is 1.61. The molecule has 1 aliphatic heterocycles. The molecule has 0 spiro atoms. The number of likely N-dealkylation sites (tertiary alicyclic amines) is 1. The maximum Gasteiger partial charge on any atom is 0.409 e. The molecule has 3 unspecified atom stereocenters. The van der Waals surface area contributed by atoms with Gasteiger partial charge in [-0.1, -0.05) is 30.3 Å². The molecule has 1 heterocycles. The molecule has 1 fully saturated rings. The van der Waals surface area contributed by atoms with Gasteiger partial charge >= 0.3 is 6.09 Å². The van der Waals surface area contributed by atoms with Crippen LogP contribution in [0.25, 0.3) is 0 Å². The lowest BCUT2D eigenvalue weighted by Gasteiger charge is -2.38. The third kappa shape index (κ3) is 4.44. The zero-order chi connectivity index (χ0) is 15.2. The normalized spacial score (nSPS) is 23.7. The van der Waals surface area contributed by atoms with Gasteiger partial charge in [-0.05, 0) is 18.9 Å². The molecular weight excluding hydrogens is 268 g/mol. The summed E-state index contributed by atoms with van der Waals surface area (Å²) in [6, 6.07) is 10.3. The smallest absolute Gasteiger partial charge is 0.409 e. The minimum Gasteiger partial charge on any atom is -0.453 e. The Balaban J connectivity index is 1.95. The van der Waals surface area contributed by atoms with E-state index in [4.69, 9.17) is 4.74 Å². The van der Waals surface area contributed by atoms with Crippen LogP contribution in [0.15, 0.2) is 30.3 Å². The highest BCUT2D eigenvalue weighted by molar-refractivity contribution is 5.67. The molecule has 0 radical (unpaired) electrons. The van der Waals surface area contributed by atoms with Gasteiger partial charge in [0.05, 0.1) is 13.2 Å². The Kier molecular flexibility index (Phi) is 5.59. The average Bonchev–Trinajstić information content (AvgIpc) is 2.52. The van der Waals surface area contributed by atoms with Gasteiger partial charge in [0, 0.05) is 31.6 Å². The molecule has 1 aliphatic rings. The van der Waals surface area contributed by atoms with Gasteiger partial charge in [-0.15, -0.1) is 0 Å². The largest absolute Gasteiger partial charge is 0.453 e. The number of carbonyl (C=O) groups is 1. The van der Waals surface area contributed by atoms with Crippen LogP contribution >= 0.6 is 0 Å². The number of nitrogens with one attached hydrogen (secondary N) is 1. The molecule has 0 aliphatic carbocycles. The van der Waals surface area contributed by atoms with E-state index in [1.165, 1.54) is 12.7 Å². The van der Waals surface area contributed by atoms with E-state index in [9.17, 15) is 9.90 Å². The summed E-state index contributed by atoms with van der Waals surface area (Å²) in [6.07, 6.45) is 0.100. The van der Waals surface area contributed by atoms with Crippen LogP contribution in [0.2, 0.25) is 0 Å². The first-order valence-electron chi connectivity index (χ1n) is 7.38. The molecule has 5 heteroatoms.